The number of rotatable bonds is 12. The Bertz CT molecular complexity index is 1390. The minimum absolute atomic E-state index is 0.232. The number of hydrogen-bond acceptors (Lipinski definition) is 5. The van der Waals surface area contributed by atoms with E-state index in [0.29, 0.717) is 41.8 Å². The van der Waals surface area contributed by atoms with Gasteiger partial charge in [0.05, 0.1) is 26.4 Å². The van der Waals surface area contributed by atoms with E-state index in [2.05, 4.69) is 51.1 Å². The smallest absolute Gasteiger partial charge is 0.115 e. The maximum Gasteiger partial charge on any atom is 0.115 e. The lowest BCUT2D eigenvalue weighted by Gasteiger charge is -2.53. The summed E-state index contributed by atoms with van der Waals surface area (Å²) in [5.41, 5.74) is 9.33. The van der Waals surface area contributed by atoms with Gasteiger partial charge in [-0.05, 0) is 177 Å². The van der Waals surface area contributed by atoms with E-state index in [9.17, 15) is 5.11 Å². The van der Waals surface area contributed by atoms with Gasteiger partial charge < -0.3 is 24.1 Å². The number of ether oxygens (including phenoxy) is 4. The van der Waals surface area contributed by atoms with Crippen molar-refractivity contribution in [3.05, 3.63) is 64.2 Å². The zero-order valence-corrected chi connectivity index (χ0v) is 33.4. The van der Waals surface area contributed by atoms with Gasteiger partial charge >= 0.3 is 0 Å². The summed E-state index contributed by atoms with van der Waals surface area (Å²) in [7, 11) is 3.48. The van der Waals surface area contributed by atoms with Crippen molar-refractivity contribution in [2.24, 2.45) is 34.5 Å². The molecule has 0 saturated heterocycles. The molecule has 52 heavy (non-hydrogen) atoms. The second-order valence-corrected chi connectivity index (χ2v) is 18.9. The van der Waals surface area contributed by atoms with Crippen LogP contribution in [0, 0.1) is 41.4 Å². The number of benzene rings is 2. The standard InChI is InChI=1S/C24H36O2.C23H34O3/c1-18-5-6-19-16-20-7-10-24(11-12-26-14-13-25-3)9-4-8-23(2,21(19)15-18)22(20)17-24;1-22-7-3-8-23(10-11-26-13-12-25-2)9-6-18(21(22)16-23)14-17-4-5-19(24)15-20(17)22/h5-6,15,20,22H,4,7-14,16-17H2,1-3H3;4-5,15,18,21,24H,3,6-14,16H2,1-2H3/t20-,22-,23+,24?;18-,21-,22+,23?/m00/s1. The molecule has 4 fully saturated rings. The number of hydrogen-bond donors (Lipinski definition) is 1. The van der Waals surface area contributed by atoms with Crippen LogP contribution in [0.25, 0.3) is 0 Å². The molecule has 6 aliphatic rings. The Morgan fingerprint density at radius 3 is 1.63 bits per heavy atom. The Hall–Kier alpha value is -1.92. The number of methoxy groups -OCH3 is 2. The predicted molar refractivity (Wildman–Crippen MR) is 210 cm³/mol. The fraction of sp³-hybridized carbons (Fsp3) is 0.745. The average Bonchev–Trinajstić information content (AvgIpc) is 3.36. The van der Waals surface area contributed by atoms with Gasteiger partial charge in [-0.3, -0.25) is 0 Å². The number of aryl methyl sites for hydroxylation is 1. The second kappa shape index (κ2) is 16.0. The van der Waals surface area contributed by atoms with Gasteiger partial charge in [-0.1, -0.05) is 56.5 Å². The molecular weight excluding hydrogens is 645 g/mol. The van der Waals surface area contributed by atoms with Crippen LogP contribution in [0.2, 0.25) is 0 Å². The summed E-state index contributed by atoms with van der Waals surface area (Å²) in [6.45, 7) is 12.0. The predicted octanol–water partition coefficient (Wildman–Crippen LogP) is 10.3. The normalized spacial score (nSPS) is 35.6. The molecule has 8 rings (SSSR count). The van der Waals surface area contributed by atoms with Crippen LogP contribution < -0.4 is 0 Å². The molecule has 4 saturated carbocycles. The molecule has 8 atom stereocenters. The monoisotopic (exact) mass is 715 g/mol. The summed E-state index contributed by atoms with van der Waals surface area (Å²) in [6, 6.07) is 13.4. The van der Waals surface area contributed by atoms with Gasteiger partial charge in [-0.2, -0.15) is 0 Å². The molecular formula is C47H70O5. The molecule has 0 spiro atoms. The quantitative estimate of drug-likeness (QED) is 0.222. The summed E-state index contributed by atoms with van der Waals surface area (Å²) in [6.07, 6.45) is 21.4. The maximum absolute atomic E-state index is 10.1. The van der Waals surface area contributed by atoms with Gasteiger partial charge in [-0.15, -0.1) is 0 Å². The first kappa shape index (κ1) is 38.4. The van der Waals surface area contributed by atoms with Crippen molar-refractivity contribution < 1.29 is 24.1 Å². The zero-order valence-electron chi connectivity index (χ0n) is 33.4. The number of fused-ring (bicyclic) bond motifs is 6. The van der Waals surface area contributed by atoms with Crippen molar-refractivity contribution in [1.29, 1.82) is 0 Å². The number of phenols is 1. The number of aromatic hydroxyl groups is 1. The van der Waals surface area contributed by atoms with E-state index in [0.717, 1.165) is 43.5 Å². The molecule has 0 radical (unpaired) electrons. The molecule has 4 bridgehead atoms. The summed E-state index contributed by atoms with van der Waals surface area (Å²) in [5, 5.41) is 10.1. The lowest BCUT2D eigenvalue weighted by Crippen LogP contribution is -2.46. The lowest BCUT2D eigenvalue weighted by molar-refractivity contribution is 0.00661. The summed E-state index contributed by atoms with van der Waals surface area (Å²) < 4.78 is 21.9. The Labute approximate surface area is 315 Å². The highest BCUT2D eigenvalue weighted by molar-refractivity contribution is 5.44. The molecule has 2 aromatic rings. The Kier molecular flexibility index (Phi) is 11.8. The first-order valence-corrected chi connectivity index (χ1v) is 21.2. The summed E-state index contributed by atoms with van der Waals surface area (Å²) in [4.78, 5) is 0. The van der Waals surface area contributed by atoms with Crippen LogP contribution in [0.3, 0.4) is 0 Å². The van der Waals surface area contributed by atoms with Gasteiger partial charge in [0, 0.05) is 27.4 Å². The third kappa shape index (κ3) is 7.64. The number of phenolic OH excluding ortho intramolecular Hbond substituents is 1. The van der Waals surface area contributed by atoms with Crippen molar-refractivity contribution in [2.45, 2.75) is 134 Å². The van der Waals surface area contributed by atoms with E-state index in [4.69, 9.17) is 18.9 Å². The molecule has 2 aromatic carbocycles. The largest absolute Gasteiger partial charge is 0.508 e. The minimum atomic E-state index is 0.232. The van der Waals surface area contributed by atoms with Crippen molar-refractivity contribution in [2.75, 3.05) is 53.9 Å². The van der Waals surface area contributed by atoms with Crippen LogP contribution in [0.1, 0.15) is 132 Å². The molecule has 5 heteroatoms. The average molecular weight is 715 g/mol. The Morgan fingerprint density at radius 2 is 1.12 bits per heavy atom. The van der Waals surface area contributed by atoms with Crippen LogP contribution in [-0.4, -0.2) is 59.0 Å². The second-order valence-electron chi connectivity index (χ2n) is 18.9. The SMILES string of the molecule is COCCOCCC12CCC[C@]3(C)c4cc(C)ccc4C[C@H](CC1)[C@@H]3C2.COCCOCCC12CCC[C@]3(C)c4cc(O)ccc4C[C@H](CC1)[C@@H]3C2. The highest BCUT2D eigenvalue weighted by atomic mass is 16.5. The van der Waals surface area contributed by atoms with Gasteiger partial charge in [0.15, 0.2) is 0 Å². The van der Waals surface area contributed by atoms with Crippen molar-refractivity contribution in [3.8, 4) is 5.75 Å². The highest BCUT2D eigenvalue weighted by Crippen LogP contribution is 2.62. The zero-order chi connectivity index (χ0) is 36.4. The first-order valence-electron chi connectivity index (χ1n) is 21.2. The molecule has 5 nitrogen and oxygen atoms in total. The minimum Gasteiger partial charge on any atom is -0.508 e. The molecule has 6 aliphatic carbocycles. The van der Waals surface area contributed by atoms with Crippen LogP contribution in [0.4, 0.5) is 0 Å². The topological polar surface area (TPSA) is 57.2 Å². The van der Waals surface area contributed by atoms with E-state index in [1.165, 1.54) is 119 Å². The van der Waals surface area contributed by atoms with Crippen molar-refractivity contribution >= 4 is 0 Å². The lowest BCUT2D eigenvalue weighted by atomic mass is 9.52. The van der Waals surface area contributed by atoms with Gasteiger partial charge in [0.2, 0.25) is 0 Å². The summed E-state index contributed by atoms with van der Waals surface area (Å²) in [5.74, 6) is 3.77. The van der Waals surface area contributed by atoms with Crippen LogP contribution >= 0.6 is 0 Å². The highest BCUT2D eigenvalue weighted by Gasteiger charge is 2.54. The van der Waals surface area contributed by atoms with Crippen molar-refractivity contribution in [1.82, 2.24) is 0 Å². The molecule has 2 unspecified atom stereocenters. The first-order chi connectivity index (χ1) is 25.1. The van der Waals surface area contributed by atoms with Gasteiger partial charge in [0.25, 0.3) is 0 Å². The fourth-order valence-corrected chi connectivity index (χ4v) is 13.0. The molecule has 288 valence electrons. The Balaban J connectivity index is 0.000000162. The molecule has 0 aliphatic heterocycles. The van der Waals surface area contributed by atoms with Crippen molar-refractivity contribution in [3.63, 3.8) is 0 Å². The third-order valence-corrected chi connectivity index (χ3v) is 15.9. The van der Waals surface area contributed by atoms with E-state index in [1.807, 2.05) is 6.07 Å². The molecule has 0 amide bonds. The van der Waals surface area contributed by atoms with E-state index >= 15 is 0 Å². The van der Waals surface area contributed by atoms with Gasteiger partial charge in [0.1, 0.15) is 5.75 Å². The van der Waals surface area contributed by atoms with Crippen LogP contribution in [0.5, 0.6) is 5.75 Å². The third-order valence-electron chi connectivity index (χ3n) is 15.9. The maximum atomic E-state index is 10.1. The van der Waals surface area contributed by atoms with Gasteiger partial charge in [-0.25, -0.2) is 0 Å². The molecule has 0 aromatic heterocycles. The van der Waals surface area contributed by atoms with Crippen LogP contribution in [-0.2, 0) is 42.6 Å². The fourth-order valence-electron chi connectivity index (χ4n) is 13.0. The van der Waals surface area contributed by atoms with E-state index in [1.54, 1.807) is 25.3 Å². The van der Waals surface area contributed by atoms with E-state index < -0.39 is 0 Å². The molecule has 0 heterocycles. The summed E-state index contributed by atoms with van der Waals surface area (Å²) >= 11 is 0. The van der Waals surface area contributed by atoms with Crippen LogP contribution in [0.15, 0.2) is 36.4 Å². The van der Waals surface area contributed by atoms with E-state index in [-0.39, 0.29) is 5.41 Å². The Morgan fingerprint density at radius 1 is 0.615 bits per heavy atom. The molecule has 1 N–H and O–H groups in total.